The standard InChI is InChI=1S/C13H22BrN3/c1-8(2)12-16-10(14)7-11(17-12)15-9(3)13(4,5)6/h7-9H,1-6H3,(H,15,16,17). The van der Waals surface area contributed by atoms with Crippen LogP contribution in [0.1, 0.15) is 53.3 Å². The highest BCUT2D eigenvalue weighted by atomic mass is 79.9. The summed E-state index contributed by atoms with van der Waals surface area (Å²) in [6.07, 6.45) is 0. The van der Waals surface area contributed by atoms with Gasteiger partial charge in [-0.15, -0.1) is 0 Å². The van der Waals surface area contributed by atoms with Gasteiger partial charge in [0.1, 0.15) is 16.2 Å². The first-order chi connectivity index (χ1) is 7.70. The first kappa shape index (κ1) is 14.4. The highest BCUT2D eigenvalue weighted by Gasteiger charge is 2.20. The van der Waals surface area contributed by atoms with Crippen molar-refractivity contribution in [2.24, 2.45) is 5.41 Å². The summed E-state index contributed by atoms with van der Waals surface area (Å²) in [4.78, 5) is 8.90. The highest BCUT2D eigenvalue weighted by Crippen LogP contribution is 2.24. The van der Waals surface area contributed by atoms with Crippen LogP contribution in [0.2, 0.25) is 0 Å². The van der Waals surface area contributed by atoms with Crippen LogP contribution in [0.15, 0.2) is 10.7 Å². The fourth-order valence-electron chi connectivity index (χ4n) is 1.21. The van der Waals surface area contributed by atoms with Crippen LogP contribution in [0.3, 0.4) is 0 Å². The molecular weight excluding hydrogens is 278 g/mol. The number of aromatic nitrogens is 2. The third-order valence-corrected chi connectivity index (χ3v) is 3.30. The largest absolute Gasteiger partial charge is 0.367 e. The number of nitrogens with zero attached hydrogens (tertiary/aromatic N) is 2. The van der Waals surface area contributed by atoms with E-state index in [0.717, 1.165) is 16.2 Å². The SMILES string of the molecule is CC(C)c1nc(Br)cc(NC(C)C(C)(C)C)n1. The van der Waals surface area contributed by atoms with E-state index in [1.165, 1.54) is 0 Å². The zero-order valence-corrected chi connectivity index (χ0v) is 13.1. The minimum Gasteiger partial charge on any atom is -0.367 e. The van der Waals surface area contributed by atoms with Crippen molar-refractivity contribution in [3.8, 4) is 0 Å². The maximum absolute atomic E-state index is 4.53. The zero-order chi connectivity index (χ0) is 13.2. The van der Waals surface area contributed by atoms with Crippen LogP contribution in [0.25, 0.3) is 0 Å². The first-order valence-electron chi connectivity index (χ1n) is 6.01. The van der Waals surface area contributed by atoms with Crippen LogP contribution in [-0.2, 0) is 0 Å². The lowest BCUT2D eigenvalue weighted by atomic mass is 9.88. The second kappa shape index (κ2) is 5.34. The number of hydrogen-bond acceptors (Lipinski definition) is 3. The molecule has 0 radical (unpaired) electrons. The third kappa shape index (κ3) is 4.26. The molecule has 1 heterocycles. The van der Waals surface area contributed by atoms with Gasteiger partial charge < -0.3 is 5.32 Å². The van der Waals surface area contributed by atoms with Gasteiger partial charge in [0.05, 0.1) is 0 Å². The Balaban J connectivity index is 2.92. The van der Waals surface area contributed by atoms with Crippen LogP contribution in [0.4, 0.5) is 5.82 Å². The van der Waals surface area contributed by atoms with Gasteiger partial charge in [-0.2, -0.15) is 0 Å². The summed E-state index contributed by atoms with van der Waals surface area (Å²) in [5.74, 6) is 2.08. The van der Waals surface area contributed by atoms with Crippen molar-refractivity contribution in [2.45, 2.75) is 53.5 Å². The molecule has 0 fully saturated rings. The van der Waals surface area contributed by atoms with Crippen molar-refractivity contribution in [2.75, 3.05) is 5.32 Å². The van der Waals surface area contributed by atoms with Gasteiger partial charge in [0.15, 0.2) is 0 Å². The lowest BCUT2D eigenvalue weighted by Gasteiger charge is -2.28. The fourth-order valence-corrected chi connectivity index (χ4v) is 1.60. The molecule has 1 unspecified atom stereocenters. The van der Waals surface area contributed by atoms with Crippen LogP contribution in [-0.4, -0.2) is 16.0 Å². The topological polar surface area (TPSA) is 37.8 Å². The van der Waals surface area contributed by atoms with E-state index in [1.807, 2.05) is 6.07 Å². The molecule has 0 spiro atoms. The number of nitrogens with one attached hydrogen (secondary N) is 1. The van der Waals surface area contributed by atoms with Gasteiger partial charge in [0, 0.05) is 18.0 Å². The molecule has 0 aliphatic rings. The molecule has 1 aromatic heterocycles. The third-order valence-electron chi connectivity index (χ3n) is 2.89. The van der Waals surface area contributed by atoms with Crippen molar-refractivity contribution < 1.29 is 0 Å². The summed E-state index contributed by atoms with van der Waals surface area (Å²) in [6.45, 7) is 13.0. The summed E-state index contributed by atoms with van der Waals surface area (Å²) >= 11 is 3.43. The molecule has 3 nitrogen and oxygen atoms in total. The van der Waals surface area contributed by atoms with E-state index in [2.05, 4.69) is 72.8 Å². The summed E-state index contributed by atoms with van der Waals surface area (Å²) < 4.78 is 0.833. The maximum Gasteiger partial charge on any atom is 0.134 e. The predicted octanol–water partition coefficient (Wildman–Crippen LogP) is 4.21. The quantitative estimate of drug-likeness (QED) is 0.850. The minimum atomic E-state index is 0.204. The van der Waals surface area contributed by atoms with Crippen LogP contribution in [0.5, 0.6) is 0 Å². The maximum atomic E-state index is 4.53. The zero-order valence-electron chi connectivity index (χ0n) is 11.5. The summed E-state index contributed by atoms with van der Waals surface area (Å²) in [5.41, 5.74) is 0.204. The van der Waals surface area contributed by atoms with E-state index < -0.39 is 0 Å². The monoisotopic (exact) mass is 299 g/mol. The number of hydrogen-bond donors (Lipinski definition) is 1. The van der Waals surface area contributed by atoms with Crippen molar-refractivity contribution in [3.63, 3.8) is 0 Å². The molecule has 0 bridgehead atoms. The molecular formula is C13H22BrN3. The Morgan fingerprint density at radius 2 is 1.76 bits per heavy atom. The van der Waals surface area contributed by atoms with Crippen molar-refractivity contribution in [1.82, 2.24) is 9.97 Å². The van der Waals surface area contributed by atoms with Gasteiger partial charge in [-0.25, -0.2) is 9.97 Å². The Hall–Kier alpha value is -0.640. The van der Waals surface area contributed by atoms with E-state index in [1.54, 1.807) is 0 Å². The van der Waals surface area contributed by atoms with Crippen LogP contribution < -0.4 is 5.32 Å². The summed E-state index contributed by atoms with van der Waals surface area (Å²) in [5, 5.41) is 3.44. The van der Waals surface area contributed by atoms with Gasteiger partial charge >= 0.3 is 0 Å². The van der Waals surface area contributed by atoms with Gasteiger partial charge in [-0.3, -0.25) is 0 Å². The van der Waals surface area contributed by atoms with E-state index in [-0.39, 0.29) is 5.41 Å². The van der Waals surface area contributed by atoms with Crippen LogP contribution in [0, 0.1) is 5.41 Å². The van der Waals surface area contributed by atoms with Gasteiger partial charge in [-0.1, -0.05) is 34.6 Å². The molecule has 96 valence electrons. The fraction of sp³-hybridized carbons (Fsp3) is 0.692. The van der Waals surface area contributed by atoms with E-state index in [0.29, 0.717) is 12.0 Å². The van der Waals surface area contributed by atoms with Gasteiger partial charge in [0.2, 0.25) is 0 Å². The first-order valence-corrected chi connectivity index (χ1v) is 6.80. The van der Waals surface area contributed by atoms with E-state index in [4.69, 9.17) is 0 Å². The summed E-state index contributed by atoms with van der Waals surface area (Å²) in [6, 6.07) is 2.28. The number of rotatable bonds is 3. The van der Waals surface area contributed by atoms with Gasteiger partial charge in [-0.05, 0) is 28.3 Å². The molecule has 0 saturated carbocycles. The average Bonchev–Trinajstić information content (AvgIpc) is 2.14. The predicted molar refractivity (Wildman–Crippen MR) is 76.4 cm³/mol. The molecule has 1 rings (SSSR count). The normalized spacial score (nSPS) is 13.9. The molecule has 1 atom stereocenters. The molecule has 0 amide bonds. The molecule has 1 N–H and O–H groups in total. The van der Waals surface area contributed by atoms with Crippen molar-refractivity contribution >= 4 is 21.7 Å². The second-order valence-electron chi connectivity index (χ2n) is 5.82. The number of halogens is 1. The smallest absolute Gasteiger partial charge is 0.134 e. The Labute approximate surface area is 113 Å². The Bertz CT molecular complexity index is 383. The van der Waals surface area contributed by atoms with Crippen LogP contribution >= 0.6 is 15.9 Å². The van der Waals surface area contributed by atoms with Crippen molar-refractivity contribution in [1.29, 1.82) is 0 Å². The van der Waals surface area contributed by atoms with Gasteiger partial charge in [0.25, 0.3) is 0 Å². The molecule has 0 saturated heterocycles. The van der Waals surface area contributed by atoms with E-state index in [9.17, 15) is 0 Å². The molecule has 4 heteroatoms. The lowest BCUT2D eigenvalue weighted by molar-refractivity contribution is 0.358. The Kier molecular flexibility index (Phi) is 4.53. The minimum absolute atomic E-state index is 0.204. The molecule has 17 heavy (non-hydrogen) atoms. The Morgan fingerprint density at radius 1 is 1.18 bits per heavy atom. The summed E-state index contributed by atoms with van der Waals surface area (Å²) in [7, 11) is 0. The Morgan fingerprint density at radius 3 is 2.24 bits per heavy atom. The molecule has 1 aromatic rings. The average molecular weight is 300 g/mol. The highest BCUT2D eigenvalue weighted by molar-refractivity contribution is 9.10. The molecule has 0 aliphatic carbocycles. The number of anilines is 1. The van der Waals surface area contributed by atoms with Crippen molar-refractivity contribution in [3.05, 3.63) is 16.5 Å². The second-order valence-corrected chi connectivity index (χ2v) is 6.63. The molecule has 0 aromatic carbocycles. The molecule has 0 aliphatic heterocycles. The van der Waals surface area contributed by atoms with E-state index >= 15 is 0 Å². The lowest BCUT2D eigenvalue weighted by Crippen LogP contribution is -2.31.